The molecule has 1 saturated heterocycles. The molecule has 1 heterocycles. The van der Waals surface area contributed by atoms with Crippen LogP contribution in [0.25, 0.3) is 5.76 Å². The average Bonchev–Trinajstić information content (AvgIpc) is 3.04. The Balaban J connectivity index is 1.91. The lowest BCUT2D eigenvalue weighted by atomic mass is 9.95. The Morgan fingerprint density at radius 1 is 0.939 bits per heavy atom. The van der Waals surface area contributed by atoms with E-state index in [2.05, 4.69) is 0 Å². The van der Waals surface area contributed by atoms with Crippen LogP contribution in [0.15, 0.2) is 83.3 Å². The molecule has 1 aliphatic heterocycles. The molecule has 0 aromatic heterocycles. The van der Waals surface area contributed by atoms with Crippen LogP contribution in [0.2, 0.25) is 5.02 Å². The minimum Gasteiger partial charge on any atom is -0.507 e. The first-order valence-corrected chi connectivity index (χ1v) is 11.5. The second-order valence-electron chi connectivity index (χ2n) is 7.27. The first-order valence-electron chi connectivity index (χ1n) is 9.53. The number of carbonyl (C=O) groups is 2. The molecule has 7 nitrogen and oxygen atoms in total. The summed E-state index contributed by atoms with van der Waals surface area (Å²) in [4.78, 5) is 27.0. The molecule has 10 heteroatoms. The number of nitrogens with two attached hydrogens (primary N) is 1. The molecule has 4 rings (SSSR count). The van der Waals surface area contributed by atoms with E-state index in [4.69, 9.17) is 16.7 Å². The molecular formula is C23H16ClFN2O5S. The molecular weight excluding hydrogens is 471 g/mol. The van der Waals surface area contributed by atoms with Gasteiger partial charge in [-0.05, 0) is 66.2 Å². The van der Waals surface area contributed by atoms with Crippen molar-refractivity contribution in [1.29, 1.82) is 0 Å². The third-order valence-electron chi connectivity index (χ3n) is 5.19. The van der Waals surface area contributed by atoms with Gasteiger partial charge in [-0.15, -0.1) is 0 Å². The van der Waals surface area contributed by atoms with Gasteiger partial charge in [0, 0.05) is 16.3 Å². The maximum Gasteiger partial charge on any atom is 0.300 e. The lowest BCUT2D eigenvalue weighted by molar-refractivity contribution is -0.132. The van der Waals surface area contributed by atoms with Crippen molar-refractivity contribution >= 4 is 44.8 Å². The standard InChI is InChI=1S/C23H16ClFN2O5S/c24-15-5-1-14(2-6-15)21(28)19-20(13-3-7-16(25)8-4-13)27(23(30)22(19)29)17-9-11-18(12-10-17)33(26,31)32/h1-12,20,28H,(H2,26,31,32)/t20-/m1/s1. The number of amides is 1. The van der Waals surface area contributed by atoms with Gasteiger partial charge in [-0.2, -0.15) is 0 Å². The molecule has 1 amide bonds. The van der Waals surface area contributed by atoms with Gasteiger partial charge in [0.2, 0.25) is 10.0 Å². The number of hydrogen-bond acceptors (Lipinski definition) is 5. The summed E-state index contributed by atoms with van der Waals surface area (Å²) >= 11 is 5.90. The predicted molar refractivity (Wildman–Crippen MR) is 120 cm³/mol. The number of anilines is 1. The smallest absolute Gasteiger partial charge is 0.300 e. The zero-order valence-electron chi connectivity index (χ0n) is 16.8. The van der Waals surface area contributed by atoms with Gasteiger partial charge in [0.15, 0.2) is 0 Å². The molecule has 0 radical (unpaired) electrons. The fourth-order valence-electron chi connectivity index (χ4n) is 3.62. The summed E-state index contributed by atoms with van der Waals surface area (Å²) in [7, 11) is -3.97. The SMILES string of the molecule is NS(=O)(=O)c1ccc(N2C(=O)C(=O)C(=C(O)c3ccc(Cl)cc3)[C@H]2c2ccc(F)cc2)cc1. The van der Waals surface area contributed by atoms with E-state index in [0.717, 1.165) is 4.90 Å². The van der Waals surface area contributed by atoms with E-state index in [-0.39, 0.29) is 21.7 Å². The molecule has 0 spiro atoms. The van der Waals surface area contributed by atoms with Crippen LogP contribution in [0.3, 0.4) is 0 Å². The number of halogens is 2. The number of ketones is 1. The summed E-state index contributed by atoms with van der Waals surface area (Å²) in [5.74, 6) is -2.84. The normalized spacial score (nSPS) is 18.0. The minimum absolute atomic E-state index is 0.178. The number of rotatable bonds is 4. The van der Waals surface area contributed by atoms with Gasteiger partial charge in [-0.1, -0.05) is 23.7 Å². The Morgan fingerprint density at radius 3 is 2.06 bits per heavy atom. The van der Waals surface area contributed by atoms with Crippen molar-refractivity contribution < 1.29 is 27.5 Å². The predicted octanol–water partition coefficient (Wildman–Crippen LogP) is 3.75. The molecule has 1 atom stereocenters. The Kier molecular flexibility index (Phi) is 5.79. The summed E-state index contributed by atoms with van der Waals surface area (Å²) in [5.41, 5.74) is 0.606. The van der Waals surface area contributed by atoms with Crippen LogP contribution in [-0.2, 0) is 19.6 Å². The van der Waals surface area contributed by atoms with Gasteiger partial charge in [0.25, 0.3) is 11.7 Å². The number of nitrogens with zero attached hydrogens (tertiary/aromatic N) is 1. The number of carbonyl (C=O) groups excluding carboxylic acids is 2. The molecule has 3 aromatic rings. The van der Waals surface area contributed by atoms with E-state index < -0.39 is 39.3 Å². The van der Waals surface area contributed by atoms with E-state index in [9.17, 15) is 27.5 Å². The molecule has 3 N–H and O–H groups in total. The highest BCUT2D eigenvalue weighted by atomic mass is 35.5. The summed E-state index contributed by atoms with van der Waals surface area (Å²) < 4.78 is 36.7. The third-order valence-corrected chi connectivity index (χ3v) is 6.37. The first kappa shape index (κ1) is 22.7. The zero-order chi connectivity index (χ0) is 23.9. The summed E-state index contributed by atoms with van der Waals surface area (Å²) in [6.45, 7) is 0. The van der Waals surface area contributed by atoms with E-state index in [1.165, 1.54) is 72.8 Å². The van der Waals surface area contributed by atoms with Crippen LogP contribution in [0.5, 0.6) is 0 Å². The fraction of sp³-hybridized carbons (Fsp3) is 0.0435. The van der Waals surface area contributed by atoms with E-state index in [1.54, 1.807) is 0 Å². The van der Waals surface area contributed by atoms with Crippen molar-refractivity contribution in [2.24, 2.45) is 5.14 Å². The lowest BCUT2D eigenvalue weighted by Gasteiger charge is -2.25. The monoisotopic (exact) mass is 486 g/mol. The van der Waals surface area contributed by atoms with Gasteiger partial charge < -0.3 is 5.11 Å². The largest absolute Gasteiger partial charge is 0.507 e. The third kappa shape index (κ3) is 4.25. The molecule has 1 aliphatic rings. The Bertz CT molecular complexity index is 1390. The van der Waals surface area contributed by atoms with Crippen molar-refractivity contribution in [3.05, 3.63) is 100 Å². The van der Waals surface area contributed by atoms with Crippen LogP contribution >= 0.6 is 11.6 Å². The molecule has 168 valence electrons. The number of Topliss-reactive ketones (excluding diaryl/α,β-unsaturated/α-hetero) is 1. The summed E-state index contributed by atoms with van der Waals surface area (Å²) in [5, 5.41) is 16.5. The number of hydrogen-bond donors (Lipinski definition) is 2. The number of aliphatic hydroxyl groups excluding tert-OH is 1. The van der Waals surface area contributed by atoms with Gasteiger partial charge >= 0.3 is 0 Å². The van der Waals surface area contributed by atoms with Crippen LogP contribution in [-0.4, -0.2) is 25.2 Å². The topological polar surface area (TPSA) is 118 Å². The number of aliphatic hydroxyl groups is 1. The van der Waals surface area contributed by atoms with Crippen LogP contribution < -0.4 is 10.0 Å². The van der Waals surface area contributed by atoms with Crippen molar-refractivity contribution in [2.75, 3.05) is 4.90 Å². The van der Waals surface area contributed by atoms with Gasteiger partial charge in [-0.25, -0.2) is 17.9 Å². The highest BCUT2D eigenvalue weighted by Crippen LogP contribution is 2.42. The average molecular weight is 487 g/mol. The van der Waals surface area contributed by atoms with Gasteiger partial charge in [0.1, 0.15) is 11.6 Å². The Hall–Kier alpha value is -3.53. The number of primary sulfonamides is 1. The number of benzene rings is 3. The molecule has 0 aliphatic carbocycles. The maximum absolute atomic E-state index is 13.6. The maximum atomic E-state index is 13.6. The second-order valence-corrected chi connectivity index (χ2v) is 9.26. The van der Waals surface area contributed by atoms with E-state index in [1.807, 2.05) is 0 Å². The Labute approximate surface area is 193 Å². The number of sulfonamides is 1. The quantitative estimate of drug-likeness (QED) is 0.331. The van der Waals surface area contributed by atoms with Gasteiger partial charge in [-0.3, -0.25) is 14.5 Å². The molecule has 33 heavy (non-hydrogen) atoms. The van der Waals surface area contributed by atoms with Crippen LogP contribution in [0.1, 0.15) is 17.2 Å². The van der Waals surface area contributed by atoms with Gasteiger partial charge in [0.05, 0.1) is 16.5 Å². The van der Waals surface area contributed by atoms with Crippen LogP contribution in [0, 0.1) is 5.82 Å². The zero-order valence-corrected chi connectivity index (χ0v) is 18.3. The highest BCUT2D eigenvalue weighted by molar-refractivity contribution is 7.89. The van der Waals surface area contributed by atoms with E-state index in [0.29, 0.717) is 10.6 Å². The minimum atomic E-state index is -3.97. The van der Waals surface area contributed by atoms with Crippen LogP contribution in [0.4, 0.5) is 10.1 Å². The van der Waals surface area contributed by atoms with Crippen molar-refractivity contribution in [3.8, 4) is 0 Å². The first-order chi connectivity index (χ1) is 15.6. The van der Waals surface area contributed by atoms with Crippen molar-refractivity contribution in [1.82, 2.24) is 0 Å². The van der Waals surface area contributed by atoms with Crippen molar-refractivity contribution in [2.45, 2.75) is 10.9 Å². The van der Waals surface area contributed by atoms with Crippen molar-refractivity contribution in [3.63, 3.8) is 0 Å². The van der Waals surface area contributed by atoms with E-state index >= 15 is 0 Å². The second kappa shape index (κ2) is 8.43. The lowest BCUT2D eigenvalue weighted by Crippen LogP contribution is -2.29. The molecule has 1 fully saturated rings. The fourth-order valence-corrected chi connectivity index (χ4v) is 4.26. The molecule has 0 unspecified atom stereocenters. The summed E-state index contributed by atoms with van der Waals surface area (Å²) in [6.07, 6.45) is 0. The molecule has 3 aromatic carbocycles. The highest BCUT2D eigenvalue weighted by Gasteiger charge is 2.47. The Morgan fingerprint density at radius 2 is 1.52 bits per heavy atom. The molecule has 0 bridgehead atoms. The summed E-state index contributed by atoms with van der Waals surface area (Å²) in [6, 6.07) is 15.1. The molecule has 0 saturated carbocycles.